The van der Waals surface area contributed by atoms with E-state index in [9.17, 15) is 9.59 Å². The van der Waals surface area contributed by atoms with Crippen LogP contribution in [0.3, 0.4) is 0 Å². The Morgan fingerprint density at radius 3 is 2.43 bits per heavy atom. The number of nitrogens with one attached hydrogen (secondary N) is 2. The zero-order valence-corrected chi connectivity index (χ0v) is 12.3. The number of hydrogen-bond acceptors (Lipinski definition) is 4. The number of H-pyrrole nitrogens is 1. The van der Waals surface area contributed by atoms with Crippen LogP contribution >= 0.6 is 0 Å². The van der Waals surface area contributed by atoms with Crippen molar-refractivity contribution in [2.75, 3.05) is 0 Å². The number of aromatic amines is 1. The third-order valence-corrected chi connectivity index (χ3v) is 3.35. The maximum absolute atomic E-state index is 12.2. The van der Waals surface area contributed by atoms with Gasteiger partial charge in [-0.2, -0.15) is 0 Å². The van der Waals surface area contributed by atoms with Gasteiger partial charge in [0.2, 0.25) is 5.89 Å². The fraction of sp³-hybridized carbons (Fsp3) is 0.357. The molecule has 0 bridgehead atoms. The second-order valence-electron chi connectivity index (χ2n) is 4.86. The summed E-state index contributed by atoms with van der Waals surface area (Å²) in [5.74, 6) is -0.320. The number of nitrogens with zero attached hydrogens (tertiary/aromatic N) is 1. The van der Waals surface area contributed by atoms with Crippen molar-refractivity contribution < 1.29 is 19.1 Å². The minimum atomic E-state index is -1.09. The van der Waals surface area contributed by atoms with Gasteiger partial charge in [0.1, 0.15) is 11.5 Å². The maximum Gasteiger partial charge on any atom is 0.352 e. The van der Waals surface area contributed by atoms with E-state index in [1.807, 2.05) is 6.92 Å². The highest BCUT2D eigenvalue weighted by molar-refractivity contribution is 6.00. The van der Waals surface area contributed by atoms with Crippen molar-refractivity contribution in [1.82, 2.24) is 15.3 Å². The van der Waals surface area contributed by atoms with Crippen molar-refractivity contribution in [1.29, 1.82) is 0 Å². The minimum Gasteiger partial charge on any atom is -0.477 e. The van der Waals surface area contributed by atoms with Crippen LogP contribution in [0.15, 0.2) is 4.42 Å². The fourth-order valence-corrected chi connectivity index (χ4v) is 2.16. The second-order valence-corrected chi connectivity index (χ2v) is 4.86. The van der Waals surface area contributed by atoms with E-state index < -0.39 is 5.97 Å². The molecule has 0 saturated carbocycles. The Kier molecular flexibility index (Phi) is 3.84. The lowest BCUT2D eigenvalue weighted by Crippen LogP contribution is -2.24. The maximum atomic E-state index is 12.2. The largest absolute Gasteiger partial charge is 0.477 e. The summed E-state index contributed by atoms with van der Waals surface area (Å²) >= 11 is 0. The summed E-state index contributed by atoms with van der Waals surface area (Å²) in [7, 11) is 0. The standard InChI is InChI=1S/C14H17N3O4/c1-6-11(8(3)17-12(6)14(19)20)13(18)15-5-10-16-7(2)9(4)21-10/h17H,5H2,1-4H3,(H,15,18)(H,19,20). The molecule has 0 aliphatic heterocycles. The molecule has 2 aromatic heterocycles. The van der Waals surface area contributed by atoms with Crippen LogP contribution in [0, 0.1) is 27.7 Å². The van der Waals surface area contributed by atoms with Crippen LogP contribution in [0.25, 0.3) is 0 Å². The second kappa shape index (κ2) is 5.43. The lowest BCUT2D eigenvalue weighted by atomic mass is 10.1. The molecule has 0 fully saturated rings. The van der Waals surface area contributed by atoms with Crippen LogP contribution in [0.1, 0.15) is 49.4 Å². The molecular weight excluding hydrogens is 274 g/mol. The smallest absolute Gasteiger partial charge is 0.352 e. The Bertz CT molecular complexity index is 693. The number of amides is 1. The summed E-state index contributed by atoms with van der Waals surface area (Å²) in [5.41, 5.74) is 2.08. The number of carboxylic acid groups (broad SMARTS) is 1. The van der Waals surface area contributed by atoms with Crippen LogP contribution in [-0.4, -0.2) is 27.0 Å². The zero-order chi connectivity index (χ0) is 15.7. The topological polar surface area (TPSA) is 108 Å². The van der Waals surface area contributed by atoms with Gasteiger partial charge in [0.25, 0.3) is 5.91 Å². The molecule has 0 spiro atoms. The zero-order valence-electron chi connectivity index (χ0n) is 12.3. The van der Waals surface area contributed by atoms with E-state index in [-0.39, 0.29) is 18.1 Å². The Morgan fingerprint density at radius 1 is 1.29 bits per heavy atom. The third kappa shape index (κ3) is 2.81. The molecular formula is C14H17N3O4. The first-order chi connectivity index (χ1) is 9.81. The van der Waals surface area contributed by atoms with Crippen LogP contribution in [0.2, 0.25) is 0 Å². The molecule has 0 aromatic carbocycles. The van der Waals surface area contributed by atoms with Gasteiger partial charge in [-0.3, -0.25) is 4.79 Å². The number of hydrogen-bond donors (Lipinski definition) is 3. The van der Waals surface area contributed by atoms with Crippen molar-refractivity contribution in [3.8, 4) is 0 Å². The first-order valence-corrected chi connectivity index (χ1v) is 6.44. The van der Waals surface area contributed by atoms with Crippen LogP contribution in [-0.2, 0) is 6.54 Å². The fourth-order valence-electron chi connectivity index (χ4n) is 2.16. The third-order valence-electron chi connectivity index (χ3n) is 3.35. The Labute approximate surface area is 121 Å². The van der Waals surface area contributed by atoms with E-state index >= 15 is 0 Å². The van der Waals surface area contributed by atoms with Gasteiger partial charge in [0, 0.05) is 5.69 Å². The Hall–Kier alpha value is -2.57. The molecule has 2 heterocycles. The van der Waals surface area contributed by atoms with Crippen LogP contribution in [0.4, 0.5) is 0 Å². The summed E-state index contributed by atoms with van der Waals surface area (Å²) in [6, 6.07) is 0. The molecule has 0 radical (unpaired) electrons. The summed E-state index contributed by atoms with van der Waals surface area (Å²) in [6.45, 7) is 7.03. The summed E-state index contributed by atoms with van der Waals surface area (Å²) in [6.07, 6.45) is 0. The number of aromatic carboxylic acids is 1. The van der Waals surface area contributed by atoms with Gasteiger partial charge in [0.05, 0.1) is 17.8 Å². The van der Waals surface area contributed by atoms with Crippen molar-refractivity contribution in [2.24, 2.45) is 0 Å². The summed E-state index contributed by atoms with van der Waals surface area (Å²) in [4.78, 5) is 30.1. The Balaban J connectivity index is 2.15. The number of rotatable bonds is 4. The molecule has 0 aliphatic rings. The van der Waals surface area contributed by atoms with Crippen LogP contribution < -0.4 is 5.32 Å². The van der Waals surface area contributed by atoms with E-state index in [1.54, 1.807) is 20.8 Å². The molecule has 3 N–H and O–H groups in total. The number of oxazole rings is 1. The van der Waals surface area contributed by atoms with Gasteiger partial charge in [-0.05, 0) is 33.3 Å². The predicted octanol–water partition coefficient (Wildman–Crippen LogP) is 1.86. The van der Waals surface area contributed by atoms with E-state index in [0.717, 1.165) is 5.69 Å². The highest BCUT2D eigenvalue weighted by Crippen LogP contribution is 2.18. The average Bonchev–Trinajstić information content (AvgIpc) is 2.87. The first-order valence-electron chi connectivity index (χ1n) is 6.44. The Morgan fingerprint density at radius 2 is 1.95 bits per heavy atom. The minimum absolute atomic E-state index is 0.0282. The van der Waals surface area contributed by atoms with Crippen molar-refractivity contribution in [2.45, 2.75) is 34.2 Å². The van der Waals surface area contributed by atoms with Gasteiger partial charge >= 0.3 is 5.97 Å². The molecule has 0 atom stereocenters. The monoisotopic (exact) mass is 291 g/mol. The molecule has 21 heavy (non-hydrogen) atoms. The number of carbonyl (C=O) groups excluding carboxylic acids is 1. The molecule has 112 valence electrons. The normalized spacial score (nSPS) is 10.7. The van der Waals surface area contributed by atoms with Crippen LogP contribution in [0.5, 0.6) is 0 Å². The van der Waals surface area contributed by atoms with Gasteiger partial charge in [-0.25, -0.2) is 9.78 Å². The number of carboxylic acids is 1. The van der Waals surface area contributed by atoms with Crippen molar-refractivity contribution in [3.63, 3.8) is 0 Å². The lowest BCUT2D eigenvalue weighted by Gasteiger charge is -2.03. The van der Waals surface area contributed by atoms with Gasteiger partial charge in [-0.15, -0.1) is 0 Å². The van der Waals surface area contributed by atoms with E-state index in [1.165, 1.54) is 0 Å². The summed E-state index contributed by atoms with van der Waals surface area (Å²) < 4.78 is 5.38. The molecule has 7 nitrogen and oxygen atoms in total. The quantitative estimate of drug-likeness (QED) is 0.796. The van der Waals surface area contributed by atoms with Gasteiger partial charge < -0.3 is 19.8 Å². The first kappa shape index (κ1) is 14.8. The highest BCUT2D eigenvalue weighted by Gasteiger charge is 2.21. The molecule has 0 saturated heterocycles. The molecule has 1 amide bonds. The molecule has 2 rings (SSSR count). The van der Waals surface area contributed by atoms with E-state index in [4.69, 9.17) is 9.52 Å². The van der Waals surface area contributed by atoms with E-state index in [2.05, 4.69) is 15.3 Å². The lowest BCUT2D eigenvalue weighted by molar-refractivity contribution is 0.0690. The average molecular weight is 291 g/mol. The highest BCUT2D eigenvalue weighted by atomic mass is 16.4. The predicted molar refractivity (Wildman–Crippen MR) is 74.4 cm³/mol. The number of aromatic nitrogens is 2. The van der Waals surface area contributed by atoms with Gasteiger partial charge in [0.15, 0.2) is 0 Å². The van der Waals surface area contributed by atoms with Crippen molar-refractivity contribution >= 4 is 11.9 Å². The van der Waals surface area contributed by atoms with E-state index in [0.29, 0.717) is 28.5 Å². The number of aryl methyl sites for hydroxylation is 3. The molecule has 7 heteroatoms. The molecule has 2 aromatic rings. The SMILES string of the molecule is Cc1nc(CNC(=O)c2c(C)[nH]c(C(=O)O)c2C)oc1C. The molecule has 0 aliphatic carbocycles. The van der Waals surface area contributed by atoms with Gasteiger partial charge in [-0.1, -0.05) is 0 Å². The molecule has 0 unspecified atom stereocenters. The summed E-state index contributed by atoms with van der Waals surface area (Å²) in [5, 5.41) is 11.7. The van der Waals surface area contributed by atoms with Crippen molar-refractivity contribution in [3.05, 3.63) is 39.9 Å². The number of carbonyl (C=O) groups is 2.